The minimum Gasteiger partial charge on any atom is -0.394 e. The predicted octanol–water partition coefficient (Wildman–Crippen LogP) is 3.65. The molecule has 7 heteroatoms. The van der Waals surface area contributed by atoms with Crippen LogP contribution in [0.5, 0.6) is 0 Å². The summed E-state index contributed by atoms with van der Waals surface area (Å²) in [6.07, 6.45) is 0. The third-order valence-corrected chi connectivity index (χ3v) is 4.12. The monoisotopic (exact) mass is 357 g/mol. The summed E-state index contributed by atoms with van der Waals surface area (Å²) >= 11 is 0. The van der Waals surface area contributed by atoms with Crippen molar-refractivity contribution in [3.63, 3.8) is 0 Å². The summed E-state index contributed by atoms with van der Waals surface area (Å²) in [4.78, 5) is 24.8. The van der Waals surface area contributed by atoms with Crippen molar-refractivity contribution in [2.45, 2.75) is 26.4 Å². The van der Waals surface area contributed by atoms with Gasteiger partial charge >= 0.3 is 6.03 Å². The van der Waals surface area contributed by atoms with Gasteiger partial charge in [0.2, 0.25) is 0 Å². The average molecular weight is 357 g/mol. The highest BCUT2D eigenvalue weighted by molar-refractivity contribution is 5.90. The Morgan fingerprint density at radius 2 is 1.88 bits per heavy atom. The Bertz CT molecular complexity index is 749. The van der Waals surface area contributed by atoms with E-state index in [1.54, 1.807) is 11.0 Å². The Hall–Kier alpha value is -2.93. The maximum absolute atomic E-state index is 12.8. The lowest BCUT2D eigenvalue weighted by molar-refractivity contribution is -0.384. The second-order valence-electron chi connectivity index (χ2n) is 6.35. The molecule has 0 unspecified atom stereocenters. The molecule has 0 aliphatic carbocycles. The Balaban J connectivity index is 2.24. The summed E-state index contributed by atoms with van der Waals surface area (Å²) in [5.74, 6) is 0.0413. The van der Waals surface area contributed by atoms with Gasteiger partial charge in [-0.05, 0) is 17.5 Å². The number of carbonyl (C=O) groups excluding carboxylic acids is 1. The fourth-order valence-electron chi connectivity index (χ4n) is 2.68. The number of aliphatic hydroxyl groups is 1. The topological polar surface area (TPSA) is 95.7 Å². The second-order valence-corrected chi connectivity index (χ2v) is 6.35. The maximum Gasteiger partial charge on any atom is 0.322 e. The van der Waals surface area contributed by atoms with Crippen LogP contribution in [0.25, 0.3) is 0 Å². The molecule has 1 atom stereocenters. The quantitative estimate of drug-likeness (QED) is 0.584. The minimum absolute atomic E-state index is 0.0413. The van der Waals surface area contributed by atoms with Gasteiger partial charge < -0.3 is 15.3 Å². The molecule has 138 valence electrons. The van der Waals surface area contributed by atoms with Gasteiger partial charge in [0.25, 0.3) is 5.69 Å². The third-order valence-electron chi connectivity index (χ3n) is 4.12. The first-order chi connectivity index (χ1) is 12.4. The van der Waals surface area contributed by atoms with Gasteiger partial charge in [-0.25, -0.2) is 4.79 Å². The third kappa shape index (κ3) is 5.03. The molecule has 2 N–H and O–H groups in total. The molecule has 0 radical (unpaired) electrons. The lowest BCUT2D eigenvalue weighted by Gasteiger charge is -2.33. The van der Waals surface area contributed by atoms with Crippen molar-refractivity contribution in [2.24, 2.45) is 5.92 Å². The normalized spacial score (nSPS) is 11.8. The number of non-ortho nitro benzene ring substituents is 1. The Morgan fingerprint density at radius 1 is 1.19 bits per heavy atom. The first-order valence-corrected chi connectivity index (χ1v) is 8.39. The number of hydrogen-bond donors (Lipinski definition) is 2. The van der Waals surface area contributed by atoms with Gasteiger partial charge in [-0.3, -0.25) is 10.1 Å². The summed E-state index contributed by atoms with van der Waals surface area (Å²) < 4.78 is 0. The van der Waals surface area contributed by atoms with Crippen molar-refractivity contribution in [3.05, 3.63) is 70.3 Å². The lowest BCUT2D eigenvalue weighted by Crippen LogP contribution is -2.47. The van der Waals surface area contributed by atoms with Crippen LogP contribution in [0.1, 0.15) is 19.4 Å². The van der Waals surface area contributed by atoms with Crippen LogP contribution in [0.2, 0.25) is 0 Å². The number of hydrogen-bond acceptors (Lipinski definition) is 4. The zero-order valence-corrected chi connectivity index (χ0v) is 14.8. The van der Waals surface area contributed by atoms with Crippen LogP contribution in [0.4, 0.5) is 16.2 Å². The number of amides is 2. The number of benzene rings is 2. The van der Waals surface area contributed by atoms with Crippen LogP contribution in [0.15, 0.2) is 54.6 Å². The molecule has 0 saturated carbocycles. The SMILES string of the molecule is CC(C)[C@@H](CO)N(Cc1ccccc1)C(=O)Nc1cccc([N+](=O)[O-])c1. The van der Waals surface area contributed by atoms with Crippen LogP contribution >= 0.6 is 0 Å². The Morgan fingerprint density at radius 3 is 2.46 bits per heavy atom. The van der Waals surface area contributed by atoms with Gasteiger partial charge in [0.15, 0.2) is 0 Å². The summed E-state index contributed by atoms with van der Waals surface area (Å²) in [7, 11) is 0. The van der Waals surface area contributed by atoms with Gasteiger partial charge in [-0.2, -0.15) is 0 Å². The molecule has 0 bridgehead atoms. The molecule has 2 rings (SSSR count). The fraction of sp³-hybridized carbons (Fsp3) is 0.316. The molecule has 2 aromatic carbocycles. The van der Waals surface area contributed by atoms with Gasteiger partial charge in [0.1, 0.15) is 0 Å². The smallest absolute Gasteiger partial charge is 0.322 e. The number of nitrogens with one attached hydrogen (secondary N) is 1. The first kappa shape index (κ1) is 19.4. The molecule has 26 heavy (non-hydrogen) atoms. The Kier molecular flexibility index (Phi) is 6.68. The van der Waals surface area contributed by atoms with E-state index in [1.165, 1.54) is 18.2 Å². The van der Waals surface area contributed by atoms with Crippen molar-refractivity contribution < 1.29 is 14.8 Å². The molecular formula is C19H23N3O4. The van der Waals surface area contributed by atoms with E-state index in [0.717, 1.165) is 5.56 Å². The van der Waals surface area contributed by atoms with E-state index in [4.69, 9.17) is 0 Å². The number of carbonyl (C=O) groups is 1. The molecule has 7 nitrogen and oxygen atoms in total. The number of urea groups is 1. The molecule has 2 amide bonds. The predicted molar refractivity (Wildman–Crippen MR) is 99.8 cm³/mol. The zero-order valence-electron chi connectivity index (χ0n) is 14.8. The van der Waals surface area contributed by atoms with Crippen molar-refractivity contribution in [1.29, 1.82) is 0 Å². The van der Waals surface area contributed by atoms with E-state index in [2.05, 4.69) is 5.32 Å². The van der Waals surface area contributed by atoms with Crippen molar-refractivity contribution in [1.82, 2.24) is 4.90 Å². The molecule has 0 aliphatic heterocycles. The van der Waals surface area contributed by atoms with E-state index in [1.807, 2.05) is 44.2 Å². The number of nitrogens with zero attached hydrogens (tertiary/aromatic N) is 2. The van der Waals surface area contributed by atoms with Gasteiger partial charge in [-0.15, -0.1) is 0 Å². The van der Waals surface area contributed by atoms with Gasteiger partial charge in [0.05, 0.1) is 17.6 Å². The van der Waals surface area contributed by atoms with Gasteiger partial charge in [0, 0.05) is 24.4 Å². The second kappa shape index (κ2) is 8.96. The molecule has 0 saturated heterocycles. The number of aliphatic hydroxyl groups excluding tert-OH is 1. The number of nitro benzene ring substituents is 1. The number of rotatable bonds is 7. The standard InChI is InChI=1S/C19H23N3O4/c1-14(2)18(13-23)21(12-15-7-4-3-5-8-15)19(24)20-16-9-6-10-17(11-16)22(25)26/h3-11,14,18,23H,12-13H2,1-2H3,(H,20,24)/t18-/m1/s1. The highest BCUT2D eigenvalue weighted by Crippen LogP contribution is 2.20. The number of nitro groups is 1. The molecule has 0 aromatic heterocycles. The van der Waals surface area contributed by atoms with E-state index >= 15 is 0 Å². The van der Waals surface area contributed by atoms with Crippen molar-refractivity contribution in [3.8, 4) is 0 Å². The molecular weight excluding hydrogens is 334 g/mol. The molecule has 0 heterocycles. The molecule has 0 spiro atoms. The lowest BCUT2D eigenvalue weighted by atomic mass is 10.0. The zero-order chi connectivity index (χ0) is 19.1. The summed E-state index contributed by atoms with van der Waals surface area (Å²) in [6, 6.07) is 14.5. The van der Waals surface area contributed by atoms with E-state index in [-0.39, 0.29) is 24.3 Å². The van der Waals surface area contributed by atoms with Crippen molar-refractivity contribution in [2.75, 3.05) is 11.9 Å². The van der Waals surface area contributed by atoms with Crippen LogP contribution in [-0.4, -0.2) is 33.6 Å². The summed E-state index contributed by atoms with van der Waals surface area (Å²) in [6.45, 7) is 4.01. The molecule has 2 aromatic rings. The van der Waals surface area contributed by atoms with E-state index < -0.39 is 11.0 Å². The maximum atomic E-state index is 12.8. The van der Waals surface area contributed by atoms with Crippen molar-refractivity contribution >= 4 is 17.4 Å². The summed E-state index contributed by atoms with van der Waals surface area (Å²) in [5.41, 5.74) is 1.17. The highest BCUT2D eigenvalue weighted by atomic mass is 16.6. The summed E-state index contributed by atoms with van der Waals surface area (Å²) in [5, 5.41) is 23.4. The highest BCUT2D eigenvalue weighted by Gasteiger charge is 2.26. The van der Waals surface area contributed by atoms with Crippen LogP contribution in [0.3, 0.4) is 0 Å². The Labute approximate surface area is 152 Å². The van der Waals surface area contributed by atoms with Gasteiger partial charge in [-0.1, -0.05) is 50.2 Å². The van der Waals surface area contributed by atoms with Crippen LogP contribution in [0, 0.1) is 16.0 Å². The molecule has 0 aliphatic rings. The van der Waals surface area contributed by atoms with Crippen LogP contribution < -0.4 is 5.32 Å². The largest absolute Gasteiger partial charge is 0.394 e. The van der Waals surface area contributed by atoms with E-state index in [0.29, 0.717) is 12.2 Å². The fourth-order valence-corrected chi connectivity index (χ4v) is 2.68. The minimum atomic E-state index is -0.512. The van der Waals surface area contributed by atoms with E-state index in [9.17, 15) is 20.0 Å². The molecule has 0 fully saturated rings. The number of anilines is 1. The average Bonchev–Trinajstić information content (AvgIpc) is 2.62. The first-order valence-electron chi connectivity index (χ1n) is 8.39. The van der Waals surface area contributed by atoms with Crippen LogP contribution in [-0.2, 0) is 6.54 Å².